The van der Waals surface area contributed by atoms with Crippen LogP contribution in [0.5, 0.6) is 0 Å². The maximum Gasteiger partial charge on any atom is 0.273 e. The SMILES string of the molecule is Cc1cccnc1C(=O)N(Cc1nccn1C)[C@H]1CC12CCNCC2. The number of nitrogens with one attached hydrogen (secondary N) is 1. The number of carbonyl (C=O) groups excluding carboxylic acids is 1. The van der Waals surface area contributed by atoms with Crippen molar-refractivity contribution in [3.63, 3.8) is 0 Å². The third-order valence-electron chi connectivity index (χ3n) is 5.83. The molecule has 0 bridgehead atoms. The van der Waals surface area contributed by atoms with Crippen LogP contribution in [0.25, 0.3) is 0 Å². The molecule has 0 aromatic carbocycles. The summed E-state index contributed by atoms with van der Waals surface area (Å²) in [6, 6.07) is 4.12. The summed E-state index contributed by atoms with van der Waals surface area (Å²) in [6.07, 6.45) is 8.80. The van der Waals surface area contributed by atoms with E-state index in [1.165, 1.54) is 0 Å². The van der Waals surface area contributed by atoms with Gasteiger partial charge in [0.1, 0.15) is 11.5 Å². The molecule has 3 heterocycles. The van der Waals surface area contributed by atoms with Gasteiger partial charge in [-0.25, -0.2) is 4.98 Å². The van der Waals surface area contributed by atoms with Gasteiger partial charge in [-0.1, -0.05) is 6.07 Å². The van der Waals surface area contributed by atoms with Gasteiger partial charge in [0.25, 0.3) is 5.91 Å². The van der Waals surface area contributed by atoms with E-state index in [9.17, 15) is 4.79 Å². The van der Waals surface area contributed by atoms with Gasteiger partial charge in [0, 0.05) is 31.7 Å². The molecule has 0 radical (unpaired) electrons. The fourth-order valence-electron chi connectivity index (χ4n) is 4.10. The summed E-state index contributed by atoms with van der Waals surface area (Å²) in [5.41, 5.74) is 1.78. The third kappa shape index (κ3) is 2.95. The fourth-order valence-corrected chi connectivity index (χ4v) is 4.10. The van der Waals surface area contributed by atoms with Crippen molar-refractivity contribution in [2.75, 3.05) is 13.1 Å². The number of aromatic nitrogens is 3. The molecule has 1 saturated carbocycles. The summed E-state index contributed by atoms with van der Waals surface area (Å²) in [6.45, 7) is 4.58. The number of nitrogens with zero attached hydrogens (tertiary/aromatic N) is 4. The lowest BCUT2D eigenvalue weighted by Gasteiger charge is -2.29. The van der Waals surface area contributed by atoms with E-state index in [0.717, 1.165) is 43.7 Å². The fraction of sp³-hybridized carbons (Fsp3) is 0.526. The average Bonchev–Trinajstić information content (AvgIpc) is 3.13. The number of pyridine rings is 1. The Morgan fingerprint density at radius 3 is 2.84 bits per heavy atom. The van der Waals surface area contributed by atoms with Gasteiger partial charge in [-0.05, 0) is 56.3 Å². The molecule has 2 aromatic rings. The highest BCUT2D eigenvalue weighted by Crippen LogP contribution is 2.56. The zero-order valence-corrected chi connectivity index (χ0v) is 14.9. The minimum Gasteiger partial charge on any atom is -0.337 e. The van der Waals surface area contributed by atoms with E-state index in [2.05, 4.69) is 15.3 Å². The van der Waals surface area contributed by atoms with E-state index in [0.29, 0.717) is 18.3 Å². The Hall–Kier alpha value is -2.21. The molecule has 0 unspecified atom stereocenters. The van der Waals surface area contributed by atoms with Crippen molar-refractivity contribution in [3.05, 3.63) is 47.8 Å². The van der Waals surface area contributed by atoms with E-state index in [-0.39, 0.29) is 11.3 Å². The Morgan fingerprint density at radius 1 is 1.36 bits per heavy atom. The maximum atomic E-state index is 13.3. The van der Waals surface area contributed by atoms with E-state index in [1.54, 1.807) is 12.4 Å². The van der Waals surface area contributed by atoms with Crippen LogP contribution in [-0.2, 0) is 13.6 Å². The molecule has 1 amide bonds. The average molecular weight is 339 g/mol. The standard InChI is InChI=1S/C19H25N5O/c1-14-4-3-7-22-17(14)18(25)24(13-16-21-10-11-23(16)2)15-12-19(15)5-8-20-9-6-19/h3-4,7,10-11,15,20H,5-6,8-9,12-13H2,1-2H3/t15-/m0/s1. The number of imidazole rings is 1. The number of piperidine rings is 1. The van der Waals surface area contributed by atoms with Crippen molar-refractivity contribution in [1.29, 1.82) is 0 Å². The Labute approximate surface area is 148 Å². The van der Waals surface area contributed by atoms with Crippen LogP contribution in [-0.4, -0.2) is 44.5 Å². The number of rotatable bonds is 4. The normalized spacial score (nSPS) is 21.3. The van der Waals surface area contributed by atoms with Crippen LogP contribution in [0.15, 0.2) is 30.7 Å². The Bertz CT molecular complexity index is 778. The van der Waals surface area contributed by atoms with Gasteiger partial charge < -0.3 is 14.8 Å². The summed E-state index contributed by atoms with van der Waals surface area (Å²) >= 11 is 0. The Balaban J connectivity index is 1.63. The van der Waals surface area contributed by atoms with Crippen LogP contribution in [0, 0.1) is 12.3 Å². The summed E-state index contributed by atoms with van der Waals surface area (Å²) < 4.78 is 1.99. The second-order valence-electron chi connectivity index (χ2n) is 7.39. The van der Waals surface area contributed by atoms with Crippen LogP contribution in [0.1, 0.15) is 41.1 Å². The highest BCUT2D eigenvalue weighted by Gasteiger charge is 2.58. The maximum absolute atomic E-state index is 13.3. The van der Waals surface area contributed by atoms with E-state index < -0.39 is 0 Å². The van der Waals surface area contributed by atoms with Crippen molar-refractivity contribution in [1.82, 2.24) is 24.8 Å². The van der Waals surface area contributed by atoms with Crippen LogP contribution in [0.3, 0.4) is 0 Å². The van der Waals surface area contributed by atoms with E-state index in [1.807, 2.05) is 41.8 Å². The Morgan fingerprint density at radius 2 is 2.16 bits per heavy atom. The molecule has 2 aromatic heterocycles. The molecule has 6 heteroatoms. The molecule has 25 heavy (non-hydrogen) atoms. The number of hydrogen-bond acceptors (Lipinski definition) is 4. The second-order valence-corrected chi connectivity index (χ2v) is 7.39. The lowest BCUT2D eigenvalue weighted by atomic mass is 9.93. The number of hydrogen-bond donors (Lipinski definition) is 1. The molecule has 1 atom stereocenters. The first-order valence-electron chi connectivity index (χ1n) is 9.00. The van der Waals surface area contributed by atoms with Gasteiger partial charge in [0.2, 0.25) is 0 Å². The molecule has 2 fully saturated rings. The minimum atomic E-state index is 0.0292. The van der Waals surface area contributed by atoms with Gasteiger partial charge in [0.15, 0.2) is 0 Å². The lowest BCUT2D eigenvalue weighted by molar-refractivity contribution is 0.0678. The van der Waals surface area contributed by atoms with Crippen molar-refractivity contribution >= 4 is 5.91 Å². The largest absolute Gasteiger partial charge is 0.337 e. The van der Waals surface area contributed by atoms with Crippen molar-refractivity contribution in [3.8, 4) is 0 Å². The monoisotopic (exact) mass is 339 g/mol. The highest BCUT2D eigenvalue weighted by molar-refractivity contribution is 5.94. The van der Waals surface area contributed by atoms with Crippen molar-refractivity contribution < 1.29 is 4.79 Å². The Kier molecular flexibility index (Phi) is 4.07. The van der Waals surface area contributed by atoms with Crippen LogP contribution >= 0.6 is 0 Å². The summed E-state index contributed by atoms with van der Waals surface area (Å²) in [7, 11) is 1.98. The topological polar surface area (TPSA) is 63.1 Å². The smallest absolute Gasteiger partial charge is 0.273 e. The van der Waals surface area contributed by atoms with E-state index >= 15 is 0 Å². The number of aryl methyl sites for hydroxylation is 2. The predicted octanol–water partition coefficient (Wildman–Crippen LogP) is 1.91. The molecule has 1 spiro atoms. The zero-order valence-electron chi connectivity index (χ0n) is 14.9. The molecule has 4 rings (SSSR count). The molecular weight excluding hydrogens is 314 g/mol. The van der Waals surface area contributed by atoms with Gasteiger partial charge in [-0.2, -0.15) is 0 Å². The first-order chi connectivity index (χ1) is 12.1. The third-order valence-corrected chi connectivity index (χ3v) is 5.83. The molecular formula is C19H25N5O. The van der Waals surface area contributed by atoms with Gasteiger partial charge in [0.05, 0.1) is 6.54 Å². The first-order valence-corrected chi connectivity index (χ1v) is 9.00. The van der Waals surface area contributed by atoms with E-state index in [4.69, 9.17) is 0 Å². The molecule has 1 N–H and O–H groups in total. The van der Waals surface area contributed by atoms with Gasteiger partial charge in [-0.15, -0.1) is 0 Å². The molecule has 132 valence electrons. The second kappa shape index (κ2) is 6.26. The number of carbonyl (C=O) groups is 1. The van der Waals surface area contributed by atoms with Crippen LogP contribution in [0.4, 0.5) is 0 Å². The summed E-state index contributed by atoms with van der Waals surface area (Å²) in [5, 5.41) is 3.43. The lowest BCUT2D eigenvalue weighted by Crippen LogP contribution is -2.40. The molecule has 2 aliphatic rings. The number of amides is 1. The summed E-state index contributed by atoms with van der Waals surface area (Å²) in [4.78, 5) is 24.1. The first kappa shape index (κ1) is 16.3. The highest BCUT2D eigenvalue weighted by atomic mass is 16.2. The zero-order chi connectivity index (χ0) is 17.4. The molecule has 1 saturated heterocycles. The van der Waals surface area contributed by atoms with Crippen LogP contribution in [0.2, 0.25) is 0 Å². The van der Waals surface area contributed by atoms with Crippen molar-refractivity contribution in [2.45, 2.75) is 38.8 Å². The minimum absolute atomic E-state index is 0.0292. The van der Waals surface area contributed by atoms with Crippen LogP contribution < -0.4 is 5.32 Å². The molecule has 1 aliphatic heterocycles. The molecule has 6 nitrogen and oxygen atoms in total. The van der Waals surface area contributed by atoms with Gasteiger partial charge in [-0.3, -0.25) is 9.78 Å². The molecule has 1 aliphatic carbocycles. The van der Waals surface area contributed by atoms with Gasteiger partial charge >= 0.3 is 0 Å². The quantitative estimate of drug-likeness (QED) is 0.924. The summed E-state index contributed by atoms with van der Waals surface area (Å²) in [5.74, 6) is 0.944. The predicted molar refractivity (Wildman–Crippen MR) is 95.0 cm³/mol. The van der Waals surface area contributed by atoms with Crippen molar-refractivity contribution in [2.24, 2.45) is 12.5 Å².